The number of amides is 1. The Morgan fingerprint density at radius 2 is 2.11 bits per heavy atom. The van der Waals surface area contributed by atoms with Gasteiger partial charge in [-0.15, -0.1) is 0 Å². The standard InChI is InChI=1S/C11H14N2O4S/c1-7-2-3-9(5-10(7)18(15,16)17)13-6-8(12)4-11(13)14/h2-3,5,8H,4,6,12H2,1H3,(H,15,16,17). The van der Waals surface area contributed by atoms with Gasteiger partial charge in [0.1, 0.15) is 0 Å². The molecule has 3 N–H and O–H groups in total. The van der Waals surface area contributed by atoms with Crippen molar-refractivity contribution in [2.75, 3.05) is 11.4 Å². The van der Waals surface area contributed by atoms with Gasteiger partial charge in [0.05, 0.1) is 4.90 Å². The SMILES string of the molecule is Cc1ccc(N2CC(N)CC2=O)cc1S(=O)(=O)O. The minimum absolute atomic E-state index is 0.146. The topological polar surface area (TPSA) is 101 Å². The van der Waals surface area contributed by atoms with E-state index in [9.17, 15) is 13.2 Å². The second kappa shape index (κ2) is 4.34. The molecule has 1 atom stereocenters. The van der Waals surface area contributed by atoms with Crippen molar-refractivity contribution in [1.82, 2.24) is 0 Å². The molecule has 1 fully saturated rings. The molecule has 1 amide bonds. The number of nitrogens with zero attached hydrogens (tertiary/aromatic N) is 1. The third-order valence-corrected chi connectivity index (χ3v) is 3.91. The summed E-state index contributed by atoms with van der Waals surface area (Å²) in [5, 5.41) is 0. The van der Waals surface area contributed by atoms with Gasteiger partial charge in [-0.05, 0) is 24.6 Å². The number of aryl methyl sites for hydroxylation is 1. The predicted molar refractivity (Wildman–Crippen MR) is 65.9 cm³/mol. The quantitative estimate of drug-likeness (QED) is 0.753. The summed E-state index contributed by atoms with van der Waals surface area (Å²) in [5.74, 6) is -0.146. The molecular weight excluding hydrogens is 256 g/mol. The molecular formula is C11H14N2O4S. The molecule has 1 unspecified atom stereocenters. The average molecular weight is 270 g/mol. The molecule has 7 heteroatoms. The predicted octanol–water partition coefficient (Wildman–Crippen LogP) is 0.306. The third kappa shape index (κ3) is 2.38. The van der Waals surface area contributed by atoms with Crippen molar-refractivity contribution in [1.29, 1.82) is 0 Å². The Hall–Kier alpha value is -1.44. The molecule has 0 spiro atoms. The van der Waals surface area contributed by atoms with Gasteiger partial charge in [-0.25, -0.2) is 0 Å². The second-order valence-electron chi connectivity index (χ2n) is 4.39. The van der Waals surface area contributed by atoms with Gasteiger partial charge in [-0.1, -0.05) is 6.07 Å². The summed E-state index contributed by atoms with van der Waals surface area (Å²) >= 11 is 0. The summed E-state index contributed by atoms with van der Waals surface area (Å²) in [7, 11) is -4.29. The van der Waals surface area contributed by atoms with E-state index in [1.165, 1.54) is 11.0 Å². The monoisotopic (exact) mass is 270 g/mol. The van der Waals surface area contributed by atoms with E-state index in [1.54, 1.807) is 19.1 Å². The van der Waals surface area contributed by atoms with Crippen molar-refractivity contribution >= 4 is 21.7 Å². The van der Waals surface area contributed by atoms with Crippen LogP contribution in [0.3, 0.4) is 0 Å². The molecule has 1 aliphatic heterocycles. The normalized spacial score (nSPS) is 20.5. The number of carbonyl (C=O) groups excluding carboxylic acids is 1. The van der Waals surface area contributed by atoms with Gasteiger partial charge in [0.15, 0.2) is 0 Å². The lowest BCUT2D eigenvalue weighted by atomic mass is 10.2. The fourth-order valence-corrected chi connectivity index (χ4v) is 2.76. The van der Waals surface area contributed by atoms with Gasteiger partial charge < -0.3 is 10.6 Å². The molecule has 2 rings (SSSR count). The minimum atomic E-state index is -4.29. The van der Waals surface area contributed by atoms with Crippen LogP contribution in [0, 0.1) is 6.92 Å². The zero-order valence-corrected chi connectivity index (χ0v) is 10.6. The van der Waals surface area contributed by atoms with Crippen LogP contribution in [0.5, 0.6) is 0 Å². The molecule has 18 heavy (non-hydrogen) atoms. The summed E-state index contributed by atoms with van der Waals surface area (Å²) in [6.45, 7) is 1.93. The molecule has 6 nitrogen and oxygen atoms in total. The first-order valence-electron chi connectivity index (χ1n) is 5.43. The fourth-order valence-electron chi connectivity index (χ4n) is 2.02. The first-order chi connectivity index (χ1) is 8.29. The lowest BCUT2D eigenvalue weighted by molar-refractivity contribution is -0.117. The molecule has 0 aromatic heterocycles. The van der Waals surface area contributed by atoms with Crippen LogP contribution in [0.15, 0.2) is 23.1 Å². The van der Waals surface area contributed by atoms with Crippen LogP contribution in [0.4, 0.5) is 5.69 Å². The highest BCUT2D eigenvalue weighted by atomic mass is 32.2. The van der Waals surface area contributed by atoms with E-state index in [0.29, 0.717) is 17.8 Å². The van der Waals surface area contributed by atoms with E-state index in [4.69, 9.17) is 10.3 Å². The molecule has 1 heterocycles. The summed E-state index contributed by atoms with van der Waals surface area (Å²) in [5.41, 5.74) is 6.54. The second-order valence-corrected chi connectivity index (χ2v) is 5.78. The van der Waals surface area contributed by atoms with Crippen LogP contribution in [0.2, 0.25) is 0 Å². The zero-order chi connectivity index (χ0) is 13.5. The Kier molecular flexibility index (Phi) is 3.14. The highest BCUT2D eigenvalue weighted by Crippen LogP contribution is 2.26. The molecule has 1 saturated heterocycles. The van der Waals surface area contributed by atoms with Crippen LogP contribution in [-0.2, 0) is 14.9 Å². The van der Waals surface area contributed by atoms with E-state index in [-0.39, 0.29) is 23.3 Å². The molecule has 0 saturated carbocycles. The summed E-state index contributed by atoms with van der Waals surface area (Å²) in [4.78, 5) is 12.9. The third-order valence-electron chi connectivity index (χ3n) is 2.92. The molecule has 0 radical (unpaired) electrons. The largest absolute Gasteiger partial charge is 0.326 e. The number of carbonyl (C=O) groups is 1. The van der Waals surface area contributed by atoms with Crippen molar-refractivity contribution in [3.05, 3.63) is 23.8 Å². The summed E-state index contributed by atoms with van der Waals surface area (Å²) in [6, 6.07) is 4.24. The van der Waals surface area contributed by atoms with Gasteiger partial charge in [0, 0.05) is 24.7 Å². The maximum Gasteiger partial charge on any atom is 0.294 e. The summed E-state index contributed by atoms with van der Waals surface area (Å²) in [6.07, 6.45) is 0.245. The van der Waals surface area contributed by atoms with Crippen LogP contribution in [-0.4, -0.2) is 31.5 Å². The van der Waals surface area contributed by atoms with Crippen molar-refractivity contribution < 1.29 is 17.8 Å². The Balaban J connectivity index is 2.45. The number of anilines is 1. The van der Waals surface area contributed by atoms with Crippen LogP contribution in [0.25, 0.3) is 0 Å². The smallest absolute Gasteiger partial charge is 0.294 e. The van der Waals surface area contributed by atoms with Crippen molar-refractivity contribution in [3.8, 4) is 0 Å². The van der Waals surface area contributed by atoms with Gasteiger partial charge >= 0.3 is 0 Å². The first-order valence-corrected chi connectivity index (χ1v) is 6.87. The highest BCUT2D eigenvalue weighted by molar-refractivity contribution is 7.85. The number of nitrogens with two attached hydrogens (primary N) is 1. The van der Waals surface area contributed by atoms with Crippen LogP contribution >= 0.6 is 0 Å². The van der Waals surface area contributed by atoms with E-state index in [2.05, 4.69) is 0 Å². The number of hydrogen-bond donors (Lipinski definition) is 2. The number of benzene rings is 1. The fraction of sp³-hybridized carbons (Fsp3) is 0.364. The Morgan fingerprint density at radius 1 is 1.44 bits per heavy atom. The molecule has 98 valence electrons. The van der Waals surface area contributed by atoms with Crippen molar-refractivity contribution in [3.63, 3.8) is 0 Å². The Morgan fingerprint density at radius 3 is 2.61 bits per heavy atom. The first kappa shape index (κ1) is 13.0. The molecule has 0 bridgehead atoms. The molecule has 1 aromatic rings. The van der Waals surface area contributed by atoms with Crippen molar-refractivity contribution in [2.45, 2.75) is 24.3 Å². The average Bonchev–Trinajstić information content (AvgIpc) is 2.57. The summed E-state index contributed by atoms with van der Waals surface area (Å²) < 4.78 is 31.5. The number of rotatable bonds is 2. The minimum Gasteiger partial charge on any atom is -0.326 e. The lowest BCUT2D eigenvalue weighted by Crippen LogP contribution is -2.28. The van der Waals surface area contributed by atoms with E-state index in [0.717, 1.165) is 0 Å². The number of hydrogen-bond acceptors (Lipinski definition) is 4. The van der Waals surface area contributed by atoms with Crippen LogP contribution in [0.1, 0.15) is 12.0 Å². The van der Waals surface area contributed by atoms with Crippen LogP contribution < -0.4 is 10.6 Å². The molecule has 0 aliphatic carbocycles. The van der Waals surface area contributed by atoms with Crippen molar-refractivity contribution in [2.24, 2.45) is 5.73 Å². The lowest BCUT2D eigenvalue weighted by Gasteiger charge is -2.17. The van der Waals surface area contributed by atoms with E-state index < -0.39 is 10.1 Å². The maximum absolute atomic E-state index is 11.7. The van der Waals surface area contributed by atoms with E-state index in [1.807, 2.05) is 0 Å². The maximum atomic E-state index is 11.7. The van der Waals surface area contributed by atoms with E-state index >= 15 is 0 Å². The molecule has 1 aromatic carbocycles. The molecule has 1 aliphatic rings. The van der Waals surface area contributed by atoms with Gasteiger partial charge in [-0.2, -0.15) is 8.42 Å². The Labute approximate surface area is 105 Å². The zero-order valence-electron chi connectivity index (χ0n) is 9.83. The van der Waals surface area contributed by atoms with Gasteiger partial charge in [0.2, 0.25) is 5.91 Å². The highest BCUT2D eigenvalue weighted by Gasteiger charge is 2.29. The van der Waals surface area contributed by atoms with Gasteiger partial charge in [0.25, 0.3) is 10.1 Å². The van der Waals surface area contributed by atoms with Gasteiger partial charge in [-0.3, -0.25) is 9.35 Å². The Bertz CT molecular complexity index is 597.